The largest absolute Gasteiger partial charge is 0.438 e. The van der Waals surface area contributed by atoms with Crippen molar-refractivity contribution in [1.82, 2.24) is 19.9 Å². The zero-order chi connectivity index (χ0) is 18.6. The van der Waals surface area contributed by atoms with Gasteiger partial charge in [0.05, 0.1) is 5.39 Å². The summed E-state index contributed by atoms with van der Waals surface area (Å²) in [7, 11) is 1.94. The number of nitrogens with one attached hydrogen (secondary N) is 1. The van der Waals surface area contributed by atoms with Gasteiger partial charge in [0.1, 0.15) is 17.7 Å². The van der Waals surface area contributed by atoms with Crippen molar-refractivity contribution < 1.29 is 9.53 Å². The van der Waals surface area contributed by atoms with Crippen molar-refractivity contribution in [2.24, 2.45) is 7.05 Å². The number of hydrogen-bond acceptors (Lipinski definition) is 5. The monoisotopic (exact) mass is 378 g/mol. The van der Waals surface area contributed by atoms with Gasteiger partial charge in [-0.15, -0.1) is 11.3 Å². The van der Waals surface area contributed by atoms with Crippen LogP contribution in [0.15, 0.2) is 60.4 Å². The Morgan fingerprint density at radius 2 is 2.07 bits per heavy atom. The number of aromatic nitrogens is 3. The van der Waals surface area contributed by atoms with Crippen molar-refractivity contribution in [2.45, 2.75) is 5.92 Å². The highest BCUT2D eigenvalue weighted by Crippen LogP contribution is 2.31. The van der Waals surface area contributed by atoms with Gasteiger partial charge in [0.2, 0.25) is 12.3 Å². The minimum absolute atomic E-state index is 0.115. The Kier molecular flexibility index (Phi) is 4.84. The Hall–Kier alpha value is -3.19. The molecule has 0 radical (unpaired) electrons. The van der Waals surface area contributed by atoms with Gasteiger partial charge in [0.25, 0.3) is 0 Å². The molecule has 27 heavy (non-hydrogen) atoms. The number of rotatable bonds is 7. The summed E-state index contributed by atoms with van der Waals surface area (Å²) < 4.78 is 7.91. The molecule has 0 aliphatic heterocycles. The number of hydrogen-bond donors (Lipinski definition) is 1. The van der Waals surface area contributed by atoms with Crippen LogP contribution in [0.5, 0.6) is 11.6 Å². The predicted molar refractivity (Wildman–Crippen MR) is 105 cm³/mol. The molecule has 3 heterocycles. The molecule has 0 spiro atoms. The van der Waals surface area contributed by atoms with E-state index in [0.717, 1.165) is 23.0 Å². The molecule has 0 saturated carbocycles. The van der Waals surface area contributed by atoms with E-state index in [-0.39, 0.29) is 5.92 Å². The molecular formula is C20H18N4O2S. The third kappa shape index (κ3) is 3.54. The summed E-state index contributed by atoms with van der Waals surface area (Å²) in [6.45, 7) is 0.556. The summed E-state index contributed by atoms with van der Waals surface area (Å²) in [5.74, 6) is 1.35. The van der Waals surface area contributed by atoms with Crippen molar-refractivity contribution >= 4 is 28.8 Å². The molecule has 6 nitrogen and oxygen atoms in total. The Balaban J connectivity index is 1.58. The standard InChI is InChI=1S/C20H18N4O2S/c1-24-9-8-16-19(24)22-12-23-20(16)26-15-6-4-14(5-7-15)17(11-21-13-25)18-3-2-10-27-18/h2-10,12-13,17H,11H2,1H3,(H,21,25). The Morgan fingerprint density at radius 1 is 1.22 bits per heavy atom. The number of carbonyl (C=O) groups is 1. The van der Waals surface area contributed by atoms with Crippen LogP contribution in [0, 0.1) is 0 Å². The van der Waals surface area contributed by atoms with E-state index in [9.17, 15) is 4.79 Å². The normalized spacial score (nSPS) is 12.0. The maximum atomic E-state index is 10.7. The highest BCUT2D eigenvalue weighted by molar-refractivity contribution is 7.10. The average Bonchev–Trinajstić information content (AvgIpc) is 3.35. The third-order valence-corrected chi connectivity index (χ3v) is 5.40. The number of amides is 1. The Morgan fingerprint density at radius 3 is 2.81 bits per heavy atom. The smallest absolute Gasteiger partial charge is 0.231 e. The molecule has 4 aromatic rings. The summed E-state index contributed by atoms with van der Waals surface area (Å²) in [6, 6.07) is 13.9. The number of aryl methyl sites for hydroxylation is 1. The van der Waals surface area contributed by atoms with E-state index in [1.165, 1.54) is 11.2 Å². The van der Waals surface area contributed by atoms with E-state index in [4.69, 9.17) is 4.74 Å². The van der Waals surface area contributed by atoms with Crippen LogP contribution >= 0.6 is 11.3 Å². The second-order valence-corrected chi connectivity index (χ2v) is 7.09. The lowest BCUT2D eigenvalue weighted by Gasteiger charge is -2.16. The van der Waals surface area contributed by atoms with Gasteiger partial charge in [0, 0.05) is 30.6 Å². The van der Waals surface area contributed by atoms with Crippen LogP contribution in [-0.2, 0) is 11.8 Å². The SMILES string of the molecule is Cn1ccc2c(Oc3ccc(C(CNC=O)c4cccs4)cc3)ncnc21. The molecule has 1 aromatic carbocycles. The first-order valence-electron chi connectivity index (χ1n) is 8.50. The van der Waals surface area contributed by atoms with Gasteiger partial charge < -0.3 is 14.6 Å². The van der Waals surface area contributed by atoms with Crippen molar-refractivity contribution in [3.05, 3.63) is 70.8 Å². The summed E-state index contributed by atoms with van der Waals surface area (Å²) in [4.78, 5) is 20.5. The Labute approximate surface area is 160 Å². The number of carbonyl (C=O) groups excluding carboxylic acids is 1. The third-order valence-electron chi connectivity index (χ3n) is 4.41. The number of benzene rings is 1. The van der Waals surface area contributed by atoms with E-state index in [0.29, 0.717) is 18.2 Å². The van der Waals surface area contributed by atoms with E-state index >= 15 is 0 Å². The number of thiophene rings is 1. The first-order valence-corrected chi connectivity index (χ1v) is 9.38. The highest BCUT2D eigenvalue weighted by Gasteiger charge is 2.15. The summed E-state index contributed by atoms with van der Waals surface area (Å²) in [5, 5.41) is 5.70. The Bertz CT molecular complexity index is 1040. The molecule has 0 saturated heterocycles. The van der Waals surface area contributed by atoms with Gasteiger partial charge in [-0.3, -0.25) is 4.79 Å². The molecule has 0 bridgehead atoms. The van der Waals surface area contributed by atoms with Crippen molar-refractivity contribution in [2.75, 3.05) is 6.54 Å². The quantitative estimate of drug-likeness (QED) is 0.498. The van der Waals surface area contributed by atoms with Crippen LogP contribution in [-0.4, -0.2) is 27.5 Å². The zero-order valence-corrected chi connectivity index (χ0v) is 15.5. The lowest BCUT2D eigenvalue weighted by Crippen LogP contribution is -2.20. The highest BCUT2D eigenvalue weighted by atomic mass is 32.1. The molecule has 0 aliphatic rings. The van der Waals surface area contributed by atoms with Gasteiger partial charge in [-0.25, -0.2) is 9.97 Å². The van der Waals surface area contributed by atoms with E-state index in [1.54, 1.807) is 11.3 Å². The molecular weight excluding hydrogens is 360 g/mol. The fraction of sp³-hybridized carbons (Fsp3) is 0.150. The second kappa shape index (κ2) is 7.59. The number of fused-ring (bicyclic) bond motifs is 1. The fourth-order valence-electron chi connectivity index (χ4n) is 3.05. The maximum absolute atomic E-state index is 10.7. The summed E-state index contributed by atoms with van der Waals surface area (Å²) >= 11 is 1.68. The summed E-state index contributed by atoms with van der Waals surface area (Å²) in [5.41, 5.74) is 1.95. The molecule has 1 atom stereocenters. The second-order valence-electron chi connectivity index (χ2n) is 6.11. The topological polar surface area (TPSA) is 69.0 Å². The van der Waals surface area contributed by atoms with Crippen LogP contribution in [0.3, 0.4) is 0 Å². The molecule has 3 aromatic heterocycles. The number of ether oxygens (including phenoxy) is 1. The van der Waals surface area contributed by atoms with E-state index in [1.807, 2.05) is 59.6 Å². The lowest BCUT2D eigenvalue weighted by molar-refractivity contribution is -0.109. The van der Waals surface area contributed by atoms with Gasteiger partial charge in [-0.05, 0) is 35.2 Å². The molecule has 1 unspecified atom stereocenters. The van der Waals surface area contributed by atoms with Crippen LogP contribution < -0.4 is 10.1 Å². The van der Waals surface area contributed by atoms with Crippen molar-refractivity contribution in [1.29, 1.82) is 0 Å². The fourth-order valence-corrected chi connectivity index (χ4v) is 3.91. The van der Waals surface area contributed by atoms with Crippen molar-refractivity contribution in [3.8, 4) is 11.6 Å². The average molecular weight is 378 g/mol. The van der Waals surface area contributed by atoms with Crippen LogP contribution in [0.25, 0.3) is 11.0 Å². The van der Waals surface area contributed by atoms with Gasteiger partial charge in [0.15, 0.2) is 0 Å². The molecule has 1 N–H and O–H groups in total. The van der Waals surface area contributed by atoms with Gasteiger partial charge in [-0.1, -0.05) is 18.2 Å². The first-order chi connectivity index (χ1) is 13.3. The minimum atomic E-state index is 0.115. The molecule has 136 valence electrons. The minimum Gasteiger partial charge on any atom is -0.438 e. The maximum Gasteiger partial charge on any atom is 0.231 e. The lowest BCUT2D eigenvalue weighted by atomic mass is 9.97. The molecule has 4 rings (SSSR count). The van der Waals surface area contributed by atoms with Crippen LogP contribution in [0.2, 0.25) is 0 Å². The molecule has 0 aliphatic carbocycles. The van der Waals surface area contributed by atoms with Crippen LogP contribution in [0.4, 0.5) is 0 Å². The zero-order valence-electron chi connectivity index (χ0n) is 14.7. The number of nitrogens with zero attached hydrogens (tertiary/aromatic N) is 3. The van der Waals surface area contributed by atoms with Gasteiger partial charge >= 0.3 is 0 Å². The van der Waals surface area contributed by atoms with Crippen LogP contribution in [0.1, 0.15) is 16.4 Å². The van der Waals surface area contributed by atoms with E-state index in [2.05, 4.69) is 21.4 Å². The summed E-state index contributed by atoms with van der Waals surface area (Å²) in [6.07, 6.45) is 4.17. The molecule has 1 amide bonds. The van der Waals surface area contributed by atoms with E-state index < -0.39 is 0 Å². The predicted octanol–water partition coefficient (Wildman–Crippen LogP) is 3.70. The molecule has 7 heteroatoms. The van der Waals surface area contributed by atoms with Crippen molar-refractivity contribution in [3.63, 3.8) is 0 Å². The van der Waals surface area contributed by atoms with Gasteiger partial charge in [-0.2, -0.15) is 0 Å². The molecule has 0 fully saturated rings. The first kappa shape index (κ1) is 17.2.